The molecule has 0 aliphatic heterocycles. The number of rotatable bonds is 10. The first-order valence-electron chi connectivity index (χ1n) is 13.5. The molecular formula is C36H24Cl2O6. The maximum atomic E-state index is 13.4. The highest BCUT2D eigenvalue weighted by Gasteiger charge is 2.29. The number of carbonyl (C=O) groups excluding carboxylic acids is 4. The summed E-state index contributed by atoms with van der Waals surface area (Å²) in [6.45, 7) is 0. The van der Waals surface area contributed by atoms with Crippen LogP contribution in [-0.4, -0.2) is 23.5 Å². The van der Waals surface area contributed by atoms with Crippen molar-refractivity contribution in [2.24, 2.45) is 0 Å². The Balaban J connectivity index is 1.40. The smallest absolute Gasteiger partial charge is 0.339 e. The number of hydrogen-bond donors (Lipinski definition) is 0. The van der Waals surface area contributed by atoms with Crippen molar-refractivity contribution in [2.75, 3.05) is 0 Å². The van der Waals surface area contributed by atoms with E-state index in [-0.39, 0.29) is 11.1 Å². The van der Waals surface area contributed by atoms with Crippen LogP contribution in [0.15, 0.2) is 133 Å². The second-order valence-electron chi connectivity index (χ2n) is 9.72. The van der Waals surface area contributed by atoms with Crippen molar-refractivity contribution in [1.29, 1.82) is 0 Å². The van der Waals surface area contributed by atoms with Crippen LogP contribution < -0.4 is 0 Å². The van der Waals surface area contributed by atoms with E-state index < -0.39 is 35.7 Å². The molecule has 0 spiro atoms. The minimum Gasteiger partial charge on any atom is -0.445 e. The molecule has 0 aromatic heterocycles. The molecule has 2 atom stereocenters. The van der Waals surface area contributed by atoms with Gasteiger partial charge in [0, 0.05) is 32.3 Å². The third-order valence-corrected chi connectivity index (χ3v) is 7.23. The lowest BCUT2D eigenvalue weighted by Crippen LogP contribution is -2.21. The maximum absolute atomic E-state index is 13.4. The Kier molecular flexibility index (Phi) is 9.65. The van der Waals surface area contributed by atoms with Crippen LogP contribution in [0.4, 0.5) is 0 Å². The van der Waals surface area contributed by atoms with Crippen LogP contribution >= 0.6 is 23.2 Å². The highest BCUT2D eigenvalue weighted by molar-refractivity contribution is 6.30. The lowest BCUT2D eigenvalue weighted by molar-refractivity contribution is 0.0273. The number of ether oxygens (including phenoxy) is 2. The van der Waals surface area contributed by atoms with Crippen LogP contribution in [0.25, 0.3) is 0 Å². The Hall–Kier alpha value is -5.04. The zero-order valence-corrected chi connectivity index (χ0v) is 24.6. The minimum absolute atomic E-state index is 0.0108. The van der Waals surface area contributed by atoms with E-state index in [0.717, 1.165) is 0 Å². The number of ketones is 2. The van der Waals surface area contributed by atoms with E-state index in [2.05, 4.69) is 0 Å². The maximum Gasteiger partial charge on any atom is 0.339 e. The van der Waals surface area contributed by atoms with Crippen LogP contribution in [-0.2, 0) is 9.47 Å². The molecule has 218 valence electrons. The number of halogens is 2. The van der Waals surface area contributed by atoms with Crippen molar-refractivity contribution in [3.8, 4) is 0 Å². The molecular weight excluding hydrogens is 599 g/mol. The lowest BCUT2D eigenvalue weighted by atomic mass is 9.99. The van der Waals surface area contributed by atoms with Crippen LogP contribution in [0.5, 0.6) is 0 Å². The Bertz CT molecular complexity index is 1660. The molecule has 5 aromatic rings. The van der Waals surface area contributed by atoms with Crippen LogP contribution in [0, 0.1) is 0 Å². The second-order valence-corrected chi connectivity index (χ2v) is 10.6. The van der Waals surface area contributed by atoms with Gasteiger partial charge in [0.1, 0.15) is 0 Å². The van der Waals surface area contributed by atoms with Gasteiger partial charge in [-0.1, -0.05) is 114 Å². The first-order chi connectivity index (χ1) is 21.3. The summed E-state index contributed by atoms with van der Waals surface area (Å²) in [5.74, 6) is -2.53. The summed E-state index contributed by atoms with van der Waals surface area (Å²) in [5, 5.41) is 0.916. The van der Waals surface area contributed by atoms with Gasteiger partial charge in [-0.3, -0.25) is 9.59 Å². The van der Waals surface area contributed by atoms with Gasteiger partial charge in [0.25, 0.3) is 0 Å². The van der Waals surface area contributed by atoms with Crippen molar-refractivity contribution in [1.82, 2.24) is 0 Å². The summed E-state index contributed by atoms with van der Waals surface area (Å²) >= 11 is 12.1. The molecule has 0 unspecified atom stereocenters. The van der Waals surface area contributed by atoms with Gasteiger partial charge in [-0.15, -0.1) is 0 Å². The Morgan fingerprint density at radius 2 is 0.773 bits per heavy atom. The van der Waals surface area contributed by atoms with Crippen LogP contribution in [0.2, 0.25) is 10.0 Å². The summed E-state index contributed by atoms with van der Waals surface area (Å²) in [6, 6.07) is 35.4. The minimum atomic E-state index is -1.27. The molecule has 44 heavy (non-hydrogen) atoms. The monoisotopic (exact) mass is 622 g/mol. The van der Waals surface area contributed by atoms with E-state index in [1.54, 1.807) is 109 Å². The van der Waals surface area contributed by atoms with Gasteiger partial charge >= 0.3 is 11.9 Å². The van der Waals surface area contributed by atoms with E-state index in [1.165, 1.54) is 24.3 Å². The number of hydrogen-bond acceptors (Lipinski definition) is 6. The van der Waals surface area contributed by atoms with Gasteiger partial charge in [-0.05, 0) is 42.5 Å². The molecule has 0 aliphatic rings. The number of esters is 2. The van der Waals surface area contributed by atoms with Crippen molar-refractivity contribution in [3.63, 3.8) is 0 Å². The molecule has 0 fully saturated rings. The fourth-order valence-electron chi connectivity index (χ4n) is 4.45. The molecule has 6 nitrogen and oxygen atoms in total. The van der Waals surface area contributed by atoms with Gasteiger partial charge in [-0.25, -0.2) is 9.59 Å². The number of benzene rings is 5. The zero-order valence-electron chi connectivity index (χ0n) is 23.1. The van der Waals surface area contributed by atoms with E-state index >= 15 is 0 Å². The summed E-state index contributed by atoms with van der Waals surface area (Å²) < 4.78 is 11.4. The van der Waals surface area contributed by atoms with Gasteiger partial charge in [-0.2, -0.15) is 0 Å². The summed E-state index contributed by atoms with van der Waals surface area (Å²) in [5.41, 5.74) is 1.59. The molecule has 0 N–H and O–H groups in total. The SMILES string of the molecule is O=C(O[C@H](C(=O)c1ccccc1)c1ccc(Cl)cc1)c1cccc(C(=O)O[C@H](C(=O)c2ccccc2)c2ccc(Cl)cc2)c1. The molecule has 8 heteroatoms. The zero-order chi connectivity index (χ0) is 31.1. The third-order valence-electron chi connectivity index (χ3n) is 6.72. The molecule has 5 rings (SSSR count). The summed E-state index contributed by atoms with van der Waals surface area (Å²) in [6.07, 6.45) is -2.54. The van der Waals surface area contributed by atoms with E-state index in [0.29, 0.717) is 32.3 Å². The van der Waals surface area contributed by atoms with Crippen LogP contribution in [0.3, 0.4) is 0 Å². The molecule has 0 aliphatic carbocycles. The quantitative estimate of drug-likeness (QED) is 0.114. The number of Topliss-reactive ketones (excluding diaryl/α,β-unsaturated/α-hetero) is 2. The average molecular weight is 623 g/mol. The molecule has 0 amide bonds. The average Bonchev–Trinajstić information content (AvgIpc) is 3.07. The largest absolute Gasteiger partial charge is 0.445 e. The summed E-state index contributed by atoms with van der Waals surface area (Å²) in [7, 11) is 0. The Morgan fingerprint density at radius 1 is 0.432 bits per heavy atom. The van der Waals surface area contributed by atoms with Gasteiger partial charge < -0.3 is 9.47 Å². The summed E-state index contributed by atoms with van der Waals surface area (Å²) in [4.78, 5) is 53.5. The second kappa shape index (κ2) is 14.0. The molecule has 0 saturated carbocycles. The highest BCUT2D eigenvalue weighted by atomic mass is 35.5. The predicted octanol–water partition coefficient (Wildman–Crippen LogP) is 8.56. The molecule has 0 bridgehead atoms. The van der Waals surface area contributed by atoms with Crippen molar-refractivity contribution in [3.05, 3.63) is 177 Å². The van der Waals surface area contributed by atoms with Crippen molar-refractivity contribution in [2.45, 2.75) is 12.2 Å². The first-order valence-corrected chi connectivity index (χ1v) is 14.3. The van der Waals surface area contributed by atoms with Gasteiger partial charge in [0.15, 0.2) is 12.2 Å². The van der Waals surface area contributed by atoms with E-state index in [4.69, 9.17) is 32.7 Å². The van der Waals surface area contributed by atoms with E-state index in [1.807, 2.05) is 0 Å². The fraction of sp³-hybridized carbons (Fsp3) is 0.0556. The first kappa shape index (κ1) is 30.4. The molecule has 5 aromatic carbocycles. The fourth-order valence-corrected chi connectivity index (χ4v) is 4.70. The predicted molar refractivity (Wildman–Crippen MR) is 167 cm³/mol. The van der Waals surface area contributed by atoms with Crippen molar-refractivity contribution < 1.29 is 28.7 Å². The Labute approximate surface area is 263 Å². The van der Waals surface area contributed by atoms with Gasteiger partial charge in [0.2, 0.25) is 11.6 Å². The van der Waals surface area contributed by atoms with Crippen LogP contribution in [0.1, 0.15) is 64.8 Å². The molecule has 0 saturated heterocycles. The van der Waals surface area contributed by atoms with Crippen molar-refractivity contribution >= 4 is 46.7 Å². The molecule has 0 heterocycles. The highest BCUT2D eigenvalue weighted by Crippen LogP contribution is 2.28. The normalized spacial score (nSPS) is 12.0. The van der Waals surface area contributed by atoms with Gasteiger partial charge in [0.05, 0.1) is 11.1 Å². The standard InChI is InChI=1S/C36H24Cl2O6/c37-29-18-14-25(15-19-29)33(31(39)23-8-3-1-4-9-23)43-35(41)27-12-7-13-28(22-27)36(42)44-34(26-16-20-30(38)21-17-26)32(40)24-10-5-2-6-11-24/h1-22,33-34H/t33-,34-/m0/s1. The number of carbonyl (C=O) groups is 4. The lowest BCUT2D eigenvalue weighted by Gasteiger charge is -2.19. The third kappa shape index (κ3) is 7.29. The topological polar surface area (TPSA) is 86.7 Å². The molecule has 0 radical (unpaired) electrons. The Morgan fingerprint density at radius 3 is 1.14 bits per heavy atom. The van der Waals surface area contributed by atoms with E-state index in [9.17, 15) is 19.2 Å².